The van der Waals surface area contributed by atoms with Gasteiger partial charge in [-0.1, -0.05) is 102 Å². The standard InChI is InChI=1S/C55H70ClN11O11S2/c1-55(2,3)45-54(78)66-44(52(76)62-40(47(60)71)25-32-11-19-36(68)20-12-32)29-80-79-28-43(65-48(72)38(58)24-30-9-17-35(56)18-10-30)53(77)64-42(27-33-13-21-37(69)22-14-33)51(75)63-41(26-31-7-15-34(16-8-31)46(59)70)50(74)61-39(49(73)67-45)6-4-5-23-57/h7-22,38-45,68-69H,4-6,23-29,57-58H2,1-3H3,(H2,59,70)(H2,60,71)(H,61,74)(H,62,76)(H,63,75)(H,64,77)(H,65,72)(H,66,78)(H,67,73)/t38-,39-,40?,41+,42-,43+,44-,45+/m0/s1. The van der Waals surface area contributed by atoms with Crippen LogP contribution in [0.2, 0.25) is 5.02 Å². The average Bonchev–Trinajstić information content (AvgIpc) is 3.41. The number of benzene rings is 4. The summed E-state index contributed by atoms with van der Waals surface area (Å²) in [5.41, 5.74) is 24.7. The number of carbonyl (C=O) groups excluding carboxylic acids is 9. The Labute approximate surface area is 476 Å². The van der Waals surface area contributed by atoms with E-state index in [4.69, 9.17) is 34.5 Å². The van der Waals surface area contributed by atoms with Crippen LogP contribution in [-0.2, 0) is 64.0 Å². The zero-order valence-electron chi connectivity index (χ0n) is 44.5. The Morgan fingerprint density at radius 2 is 1.12 bits per heavy atom. The van der Waals surface area contributed by atoms with Gasteiger partial charge in [0.05, 0.1) is 6.04 Å². The number of nitrogens with one attached hydrogen (secondary N) is 7. The van der Waals surface area contributed by atoms with E-state index in [2.05, 4.69) is 37.2 Å². The van der Waals surface area contributed by atoms with Gasteiger partial charge in [0.2, 0.25) is 53.2 Å². The fourth-order valence-corrected chi connectivity index (χ4v) is 10.7. The Hall–Kier alpha value is -7.38. The summed E-state index contributed by atoms with van der Waals surface area (Å²) in [4.78, 5) is 126. The van der Waals surface area contributed by atoms with Gasteiger partial charge in [0.25, 0.3) is 0 Å². The number of carbonyl (C=O) groups is 9. The Morgan fingerprint density at radius 3 is 1.66 bits per heavy atom. The maximum Gasteiger partial charge on any atom is 0.248 e. The smallest absolute Gasteiger partial charge is 0.248 e. The average molecular weight is 1160 g/mol. The quantitative estimate of drug-likeness (QED) is 0.0486. The van der Waals surface area contributed by atoms with Crippen molar-refractivity contribution in [3.05, 3.63) is 130 Å². The summed E-state index contributed by atoms with van der Waals surface area (Å²) < 4.78 is 0. The molecular weight excluding hydrogens is 1090 g/mol. The minimum Gasteiger partial charge on any atom is -0.508 e. The van der Waals surface area contributed by atoms with E-state index in [-0.39, 0.29) is 67.2 Å². The number of phenols is 2. The maximum absolute atomic E-state index is 14.8. The highest BCUT2D eigenvalue weighted by atomic mass is 35.5. The van der Waals surface area contributed by atoms with Crippen molar-refractivity contribution in [3.63, 3.8) is 0 Å². The second-order valence-corrected chi connectivity index (χ2v) is 23.4. The van der Waals surface area contributed by atoms with Crippen LogP contribution in [0.4, 0.5) is 0 Å². The highest BCUT2D eigenvalue weighted by Crippen LogP contribution is 2.26. The van der Waals surface area contributed by atoms with Gasteiger partial charge in [-0.05, 0) is 108 Å². The van der Waals surface area contributed by atoms with Gasteiger partial charge in [-0.3, -0.25) is 43.2 Å². The third-order valence-corrected chi connectivity index (χ3v) is 15.5. The maximum atomic E-state index is 14.8. The van der Waals surface area contributed by atoms with E-state index in [1.165, 1.54) is 72.8 Å². The number of phenolic OH excluding ortho intramolecular Hbond substituents is 2. The van der Waals surface area contributed by atoms with Crippen LogP contribution in [0, 0.1) is 5.41 Å². The van der Waals surface area contributed by atoms with Crippen LogP contribution < -0.4 is 60.2 Å². The monoisotopic (exact) mass is 1160 g/mol. The van der Waals surface area contributed by atoms with Gasteiger partial charge >= 0.3 is 0 Å². The van der Waals surface area contributed by atoms with E-state index in [0.29, 0.717) is 40.1 Å². The normalized spacial score (nSPS) is 20.8. The molecular formula is C55H70ClN11O11S2. The zero-order chi connectivity index (χ0) is 58.7. The fourth-order valence-electron chi connectivity index (χ4n) is 8.29. The molecule has 0 spiro atoms. The number of nitrogens with two attached hydrogens (primary N) is 4. The summed E-state index contributed by atoms with van der Waals surface area (Å²) in [5, 5.41) is 39.5. The fraction of sp³-hybridized carbons (Fsp3) is 0.400. The van der Waals surface area contributed by atoms with E-state index in [0.717, 1.165) is 21.6 Å². The zero-order valence-corrected chi connectivity index (χ0v) is 46.9. The first-order valence-electron chi connectivity index (χ1n) is 25.7. The van der Waals surface area contributed by atoms with Crippen molar-refractivity contribution >= 4 is 86.4 Å². The Kier molecular flexibility index (Phi) is 24.0. The third kappa shape index (κ3) is 20.1. The van der Waals surface area contributed by atoms with Crippen LogP contribution in [0.3, 0.4) is 0 Å². The minimum absolute atomic E-state index is 0.0195. The molecule has 17 N–H and O–H groups in total. The topological polar surface area (TPSA) is 382 Å². The number of unbranched alkanes of at least 4 members (excludes halogenated alkanes) is 1. The van der Waals surface area contributed by atoms with Gasteiger partial charge < -0.3 is 70.4 Å². The highest BCUT2D eigenvalue weighted by molar-refractivity contribution is 8.76. The first-order chi connectivity index (χ1) is 37.9. The molecule has 1 unspecified atom stereocenters. The molecule has 8 atom stereocenters. The second-order valence-electron chi connectivity index (χ2n) is 20.4. The molecule has 1 heterocycles. The molecule has 1 saturated heterocycles. The molecule has 1 aliphatic heterocycles. The van der Waals surface area contributed by atoms with E-state index in [9.17, 15) is 53.4 Å². The molecule has 430 valence electrons. The molecule has 9 amide bonds. The molecule has 4 aromatic carbocycles. The lowest BCUT2D eigenvalue weighted by molar-refractivity contribution is -0.136. The third-order valence-electron chi connectivity index (χ3n) is 12.9. The molecule has 4 aromatic rings. The van der Waals surface area contributed by atoms with Crippen molar-refractivity contribution in [2.24, 2.45) is 28.3 Å². The first-order valence-corrected chi connectivity index (χ1v) is 28.6. The van der Waals surface area contributed by atoms with Crippen LogP contribution in [0.5, 0.6) is 11.5 Å². The molecule has 1 fully saturated rings. The summed E-state index contributed by atoms with van der Waals surface area (Å²) in [5.74, 6) is -7.99. The SMILES string of the molecule is CC(C)(C)[C@@H]1NC(=O)[C@H](CCCCN)NC(=O)[C@@H](Cc2ccc(C(N)=O)cc2)NC(=O)[C@H](Cc2ccc(O)cc2)NC(=O)[C@H](NC(=O)[C@@H](N)Cc2ccc(Cl)cc2)CSSC[C@@H](C(=O)NC(Cc2ccc(O)cc2)C(N)=O)NC1=O. The number of hydrogen-bond donors (Lipinski definition) is 13. The number of aromatic hydroxyl groups is 2. The van der Waals surface area contributed by atoms with Crippen molar-refractivity contribution in [2.45, 2.75) is 114 Å². The van der Waals surface area contributed by atoms with Gasteiger partial charge in [0.15, 0.2) is 0 Å². The van der Waals surface area contributed by atoms with Gasteiger partial charge in [-0.2, -0.15) is 0 Å². The van der Waals surface area contributed by atoms with Crippen molar-refractivity contribution < 1.29 is 53.4 Å². The molecule has 22 nitrogen and oxygen atoms in total. The molecule has 1 aliphatic rings. The Balaban J connectivity index is 1.59. The van der Waals surface area contributed by atoms with Crippen LogP contribution in [-0.4, -0.2) is 130 Å². The van der Waals surface area contributed by atoms with Crippen molar-refractivity contribution in [1.29, 1.82) is 0 Å². The number of amides is 9. The van der Waals surface area contributed by atoms with E-state index in [1.807, 2.05) is 0 Å². The largest absolute Gasteiger partial charge is 0.508 e. The molecule has 5 rings (SSSR count). The van der Waals surface area contributed by atoms with Crippen molar-refractivity contribution in [1.82, 2.24) is 37.2 Å². The van der Waals surface area contributed by atoms with Gasteiger partial charge in [-0.15, -0.1) is 0 Å². The number of rotatable bonds is 18. The summed E-state index contributed by atoms with van der Waals surface area (Å²) in [6, 6.07) is 13.3. The Morgan fingerprint density at radius 1 is 0.637 bits per heavy atom. The highest BCUT2D eigenvalue weighted by Gasteiger charge is 2.39. The second kappa shape index (κ2) is 30.3. The van der Waals surface area contributed by atoms with Crippen LogP contribution in [0.15, 0.2) is 97.1 Å². The lowest BCUT2D eigenvalue weighted by Gasteiger charge is -2.33. The predicted octanol–water partition coefficient (Wildman–Crippen LogP) is 0.897. The molecule has 0 aromatic heterocycles. The van der Waals surface area contributed by atoms with Gasteiger partial charge in [0, 0.05) is 41.4 Å². The Bertz CT molecular complexity index is 2810. The van der Waals surface area contributed by atoms with E-state index < -0.39 is 107 Å². The number of primary amides is 2. The molecule has 0 saturated carbocycles. The number of halogens is 1. The van der Waals surface area contributed by atoms with Crippen molar-refractivity contribution in [3.8, 4) is 11.5 Å². The first kappa shape index (κ1) is 63.5. The lowest BCUT2D eigenvalue weighted by atomic mass is 9.85. The summed E-state index contributed by atoms with van der Waals surface area (Å²) in [6.07, 6.45) is 0.325. The molecule has 0 aliphatic carbocycles. The van der Waals surface area contributed by atoms with E-state index in [1.54, 1.807) is 45.0 Å². The summed E-state index contributed by atoms with van der Waals surface area (Å²) in [6.45, 7) is 5.25. The molecule has 0 bridgehead atoms. The lowest BCUT2D eigenvalue weighted by Crippen LogP contribution is -2.63. The number of hydrogen-bond acceptors (Lipinski definition) is 15. The van der Waals surface area contributed by atoms with E-state index >= 15 is 0 Å². The molecule has 25 heteroatoms. The van der Waals surface area contributed by atoms with Gasteiger partial charge in [0.1, 0.15) is 53.8 Å². The van der Waals surface area contributed by atoms with Crippen molar-refractivity contribution in [2.75, 3.05) is 18.1 Å². The summed E-state index contributed by atoms with van der Waals surface area (Å²) in [7, 11) is 2.01. The minimum atomic E-state index is -1.47. The molecule has 80 heavy (non-hydrogen) atoms. The van der Waals surface area contributed by atoms with Gasteiger partial charge in [-0.25, -0.2) is 0 Å². The summed E-state index contributed by atoms with van der Waals surface area (Å²) >= 11 is 6.08. The van der Waals surface area contributed by atoms with Crippen LogP contribution in [0.25, 0.3) is 0 Å². The predicted molar refractivity (Wildman–Crippen MR) is 305 cm³/mol. The molecule has 0 radical (unpaired) electrons. The van der Waals surface area contributed by atoms with Crippen LogP contribution in [0.1, 0.15) is 72.6 Å². The van der Waals surface area contributed by atoms with Crippen LogP contribution >= 0.6 is 33.2 Å².